The summed E-state index contributed by atoms with van der Waals surface area (Å²) in [5.74, 6) is 0.175. The van der Waals surface area contributed by atoms with E-state index < -0.39 is 0 Å². The molecule has 0 aliphatic carbocycles. The third kappa shape index (κ3) is 2.89. The average Bonchev–Trinajstić information content (AvgIpc) is 2.71. The highest BCUT2D eigenvalue weighted by Gasteiger charge is 2.19. The maximum atomic E-state index is 11.8. The molecule has 0 amide bonds. The van der Waals surface area contributed by atoms with Crippen LogP contribution in [0.15, 0.2) is 28.7 Å². The molecule has 0 N–H and O–H groups in total. The van der Waals surface area contributed by atoms with E-state index in [4.69, 9.17) is 4.74 Å². The summed E-state index contributed by atoms with van der Waals surface area (Å²) in [5.41, 5.74) is 0.772. The summed E-state index contributed by atoms with van der Waals surface area (Å²) >= 11 is 3.35. The molecule has 3 heteroatoms. The SMILES string of the molecule is O=C(C[C@H]1CCCO1)c1ccc(Br)cc1. The van der Waals surface area contributed by atoms with E-state index in [1.165, 1.54) is 0 Å². The Kier molecular flexibility index (Phi) is 3.54. The zero-order valence-corrected chi connectivity index (χ0v) is 10.00. The fourth-order valence-electron chi connectivity index (χ4n) is 1.77. The van der Waals surface area contributed by atoms with E-state index in [-0.39, 0.29) is 11.9 Å². The molecular formula is C12H13BrO2. The van der Waals surface area contributed by atoms with Crippen molar-refractivity contribution in [1.82, 2.24) is 0 Å². The van der Waals surface area contributed by atoms with Crippen LogP contribution in [0.3, 0.4) is 0 Å². The molecule has 2 nitrogen and oxygen atoms in total. The first-order valence-corrected chi connectivity index (χ1v) is 5.95. The monoisotopic (exact) mass is 268 g/mol. The zero-order chi connectivity index (χ0) is 10.7. The van der Waals surface area contributed by atoms with E-state index in [0.29, 0.717) is 6.42 Å². The van der Waals surface area contributed by atoms with Crippen LogP contribution in [0, 0.1) is 0 Å². The average molecular weight is 269 g/mol. The van der Waals surface area contributed by atoms with Crippen LogP contribution in [-0.4, -0.2) is 18.5 Å². The second kappa shape index (κ2) is 4.90. The minimum absolute atomic E-state index is 0.140. The van der Waals surface area contributed by atoms with Crippen LogP contribution >= 0.6 is 15.9 Å². The molecular weight excluding hydrogens is 256 g/mol. The molecule has 1 aliphatic heterocycles. The summed E-state index contributed by atoms with van der Waals surface area (Å²) in [6.07, 6.45) is 2.75. The molecule has 0 spiro atoms. The number of rotatable bonds is 3. The first-order valence-electron chi connectivity index (χ1n) is 5.16. The van der Waals surface area contributed by atoms with Gasteiger partial charge in [-0.3, -0.25) is 4.79 Å². The number of ether oxygens (including phenoxy) is 1. The van der Waals surface area contributed by atoms with E-state index in [0.717, 1.165) is 29.5 Å². The van der Waals surface area contributed by atoms with Gasteiger partial charge in [0.15, 0.2) is 5.78 Å². The van der Waals surface area contributed by atoms with E-state index in [1.807, 2.05) is 24.3 Å². The molecule has 0 unspecified atom stereocenters. The zero-order valence-electron chi connectivity index (χ0n) is 8.41. The highest BCUT2D eigenvalue weighted by atomic mass is 79.9. The van der Waals surface area contributed by atoms with Crippen molar-refractivity contribution < 1.29 is 9.53 Å². The second-order valence-electron chi connectivity index (χ2n) is 3.77. The first kappa shape index (κ1) is 10.8. The number of Topliss-reactive ketones (excluding diaryl/α,β-unsaturated/α-hetero) is 1. The Balaban J connectivity index is 1.98. The summed E-state index contributed by atoms with van der Waals surface area (Å²) in [4.78, 5) is 11.8. The predicted octanol–water partition coefficient (Wildman–Crippen LogP) is 3.20. The fraction of sp³-hybridized carbons (Fsp3) is 0.417. The van der Waals surface area contributed by atoms with E-state index in [2.05, 4.69) is 15.9 Å². The molecule has 1 aliphatic rings. The van der Waals surface area contributed by atoms with Gasteiger partial charge in [0, 0.05) is 23.1 Å². The van der Waals surface area contributed by atoms with E-state index >= 15 is 0 Å². The Morgan fingerprint density at radius 1 is 1.40 bits per heavy atom. The van der Waals surface area contributed by atoms with Crippen LogP contribution in [0.4, 0.5) is 0 Å². The lowest BCUT2D eigenvalue weighted by Crippen LogP contribution is -2.12. The van der Waals surface area contributed by atoms with Crippen molar-refractivity contribution >= 4 is 21.7 Å². The van der Waals surface area contributed by atoms with Gasteiger partial charge in [-0.25, -0.2) is 0 Å². The van der Waals surface area contributed by atoms with Crippen LogP contribution in [0.5, 0.6) is 0 Å². The predicted molar refractivity (Wildman–Crippen MR) is 62.1 cm³/mol. The van der Waals surface area contributed by atoms with Gasteiger partial charge >= 0.3 is 0 Å². The van der Waals surface area contributed by atoms with Crippen molar-refractivity contribution in [2.45, 2.75) is 25.4 Å². The Morgan fingerprint density at radius 3 is 2.73 bits per heavy atom. The Labute approximate surface area is 97.8 Å². The highest BCUT2D eigenvalue weighted by Crippen LogP contribution is 2.18. The number of benzene rings is 1. The van der Waals surface area contributed by atoms with Crippen molar-refractivity contribution in [2.24, 2.45) is 0 Å². The molecule has 1 fully saturated rings. The van der Waals surface area contributed by atoms with Gasteiger partial charge in [0.05, 0.1) is 6.10 Å². The van der Waals surface area contributed by atoms with Gasteiger partial charge in [-0.15, -0.1) is 0 Å². The van der Waals surface area contributed by atoms with Crippen LogP contribution in [0.2, 0.25) is 0 Å². The molecule has 1 heterocycles. The van der Waals surface area contributed by atoms with Gasteiger partial charge in [-0.2, -0.15) is 0 Å². The quantitative estimate of drug-likeness (QED) is 0.787. The van der Waals surface area contributed by atoms with E-state index in [1.54, 1.807) is 0 Å². The molecule has 2 rings (SSSR count). The topological polar surface area (TPSA) is 26.3 Å². The summed E-state index contributed by atoms with van der Waals surface area (Å²) in [5, 5.41) is 0. The minimum atomic E-state index is 0.140. The smallest absolute Gasteiger partial charge is 0.165 e. The summed E-state index contributed by atoms with van der Waals surface area (Å²) in [6.45, 7) is 0.804. The van der Waals surface area contributed by atoms with Crippen LogP contribution in [0.1, 0.15) is 29.6 Å². The molecule has 0 bridgehead atoms. The summed E-state index contributed by atoms with van der Waals surface area (Å²) < 4.78 is 6.44. The molecule has 1 aromatic carbocycles. The van der Waals surface area contributed by atoms with Gasteiger partial charge < -0.3 is 4.74 Å². The first-order chi connectivity index (χ1) is 7.25. The van der Waals surface area contributed by atoms with Crippen LogP contribution < -0.4 is 0 Å². The number of carbonyl (C=O) groups excluding carboxylic acids is 1. The summed E-state index contributed by atoms with van der Waals surface area (Å²) in [7, 11) is 0. The molecule has 80 valence electrons. The normalized spacial score (nSPS) is 20.5. The lowest BCUT2D eigenvalue weighted by atomic mass is 10.0. The number of carbonyl (C=O) groups is 1. The molecule has 0 saturated carbocycles. The summed E-state index contributed by atoms with van der Waals surface area (Å²) in [6, 6.07) is 7.48. The lowest BCUT2D eigenvalue weighted by molar-refractivity contribution is 0.0775. The Morgan fingerprint density at radius 2 is 2.13 bits per heavy atom. The molecule has 15 heavy (non-hydrogen) atoms. The Hall–Kier alpha value is -0.670. The maximum absolute atomic E-state index is 11.8. The fourth-order valence-corrected chi connectivity index (χ4v) is 2.03. The van der Waals surface area contributed by atoms with Gasteiger partial charge in [0.2, 0.25) is 0 Å². The molecule has 1 aromatic rings. The van der Waals surface area contributed by atoms with Gasteiger partial charge in [-0.1, -0.05) is 28.1 Å². The third-order valence-electron chi connectivity index (χ3n) is 2.60. The number of halogens is 1. The largest absolute Gasteiger partial charge is 0.378 e. The molecule has 1 atom stereocenters. The van der Waals surface area contributed by atoms with Crippen LogP contribution in [-0.2, 0) is 4.74 Å². The lowest BCUT2D eigenvalue weighted by Gasteiger charge is -2.07. The van der Waals surface area contributed by atoms with Crippen molar-refractivity contribution in [3.8, 4) is 0 Å². The molecule has 0 radical (unpaired) electrons. The standard InChI is InChI=1S/C12H13BrO2/c13-10-5-3-9(4-6-10)12(14)8-11-2-1-7-15-11/h3-6,11H,1-2,7-8H2/t11-/m1/s1. The molecule has 0 aromatic heterocycles. The number of ketones is 1. The van der Waals surface area contributed by atoms with Gasteiger partial charge in [0.1, 0.15) is 0 Å². The highest BCUT2D eigenvalue weighted by molar-refractivity contribution is 9.10. The van der Waals surface area contributed by atoms with Gasteiger partial charge in [-0.05, 0) is 25.0 Å². The van der Waals surface area contributed by atoms with Crippen molar-refractivity contribution in [3.63, 3.8) is 0 Å². The number of hydrogen-bond donors (Lipinski definition) is 0. The van der Waals surface area contributed by atoms with Crippen molar-refractivity contribution in [1.29, 1.82) is 0 Å². The van der Waals surface area contributed by atoms with Crippen molar-refractivity contribution in [3.05, 3.63) is 34.3 Å². The van der Waals surface area contributed by atoms with Gasteiger partial charge in [0.25, 0.3) is 0 Å². The maximum Gasteiger partial charge on any atom is 0.165 e. The van der Waals surface area contributed by atoms with Crippen LogP contribution in [0.25, 0.3) is 0 Å². The second-order valence-corrected chi connectivity index (χ2v) is 4.68. The van der Waals surface area contributed by atoms with Crippen molar-refractivity contribution in [2.75, 3.05) is 6.61 Å². The van der Waals surface area contributed by atoms with E-state index in [9.17, 15) is 4.79 Å². The number of hydrogen-bond acceptors (Lipinski definition) is 2. The molecule has 1 saturated heterocycles. The third-order valence-corrected chi connectivity index (χ3v) is 3.13. The minimum Gasteiger partial charge on any atom is -0.378 e. The Bertz CT molecular complexity index is 339.